The molecular weight excluding hydrogens is 350 g/mol. The van der Waals surface area contributed by atoms with Gasteiger partial charge in [0.15, 0.2) is 0 Å². The molecule has 0 radical (unpaired) electrons. The predicted molar refractivity (Wildman–Crippen MR) is 103 cm³/mol. The Hall–Kier alpha value is -0.580. The third-order valence-electron chi connectivity index (χ3n) is 5.50. The molecular formula is C19H30BrN3. The van der Waals surface area contributed by atoms with Gasteiger partial charge in [-0.2, -0.15) is 0 Å². The minimum absolute atomic E-state index is 0.586. The number of hydrogen-bond donors (Lipinski definition) is 0. The van der Waals surface area contributed by atoms with Crippen molar-refractivity contribution in [3.8, 4) is 0 Å². The third kappa shape index (κ3) is 4.09. The number of nitrogens with zero attached hydrogens (tertiary/aromatic N) is 3. The van der Waals surface area contributed by atoms with E-state index in [0.717, 1.165) is 6.04 Å². The number of anilines is 1. The van der Waals surface area contributed by atoms with E-state index in [1.807, 2.05) is 0 Å². The third-order valence-corrected chi connectivity index (χ3v) is 6.13. The van der Waals surface area contributed by atoms with E-state index in [1.165, 1.54) is 67.8 Å². The standard InChI is InChI=1S/C19H30BrN3/c1-15(2)16-4-5-19(18(20)14-16)23-8-6-17(7-9-23)22-12-10-21(3)11-13-22/h4-5,14-15,17H,6-13H2,1-3H3. The summed E-state index contributed by atoms with van der Waals surface area (Å²) in [7, 11) is 2.23. The zero-order chi connectivity index (χ0) is 16.4. The second kappa shape index (κ2) is 7.54. The second-order valence-corrected chi connectivity index (χ2v) is 8.28. The molecule has 0 bridgehead atoms. The topological polar surface area (TPSA) is 9.72 Å². The highest BCUT2D eigenvalue weighted by Crippen LogP contribution is 2.32. The molecule has 0 unspecified atom stereocenters. The molecule has 0 N–H and O–H groups in total. The van der Waals surface area contributed by atoms with Crippen molar-refractivity contribution in [3.05, 3.63) is 28.2 Å². The van der Waals surface area contributed by atoms with Crippen LogP contribution in [0.15, 0.2) is 22.7 Å². The van der Waals surface area contributed by atoms with Crippen LogP contribution in [0.1, 0.15) is 38.2 Å². The molecule has 0 aromatic heterocycles. The number of likely N-dealkylation sites (N-methyl/N-ethyl adjacent to an activating group) is 1. The Labute approximate surface area is 149 Å². The van der Waals surface area contributed by atoms with E-state index in [4.69, 9.17) is 0 Å². The molecule has 1 aromatic carbocycles. The first-order valence-corrected chi connectivity index (χ1v) is 9.81. The summed E-state index contributed by atoms with van der Waals surface area (Å²) in [5.74, 6) is 0.586. The number of hydrogen-bond acceptors (Lipinski definition) is 3. The highest BCUT2D eigenvalue weighted by Gasteiger charge is 2.27. The van der Waals surface area contributed by atoms with Gasteiger partial charge in [-0.15, -0.1) is 0 Å². The first kappa shape index (κ1) is 17.2. The van der Waals surface area contributed by atoms with Crippen molar-refractivity contribution in [2.45, 2.75) is 38.6 Å². The van der Waals surface area contributed by atoms with Gasteiger partial charge in [-0.1, -0.05) is 19.9 Å². The van der Waals surface area contributed by atoms with Crippen LogP contribution in [0.4, 0.5) is 5.69 Å². The Morgan fingerprint density at radius 2 is 1.65 bits per heavy atom. The van der Waals surface area contributed by atoms with E-state index in [9.17, 15) is 0 Å². The highest BCUT2D eigenvalue weighted by molar-refractivity contribution is 9.10. The summed E-state index contributed by atoms with van der Waals surface area (Å²) in [4.78, 5) is 7.72. The molecule has 0 amide bonds. The molecule has 0 saturated carbocycles. The van der Waals surface area contributed by atoms with Gasteiger partial charge in [-0.3, -0.25) is 4.90 Å². The van der Waals surface area contributed by atoms with Crippen LogP contribution in [-0.4, -0.2) is 62.2 Å². The molecule has 2 fully saturated rings. The highest BCUT2D eigenvalue weighted by atomic mass is 79.9. The van der Waals surface area contributed by atoms with Crippen molar-refractivity contribution in [3.63, 3.8) is 0 Å². The van der Waals surface area contributed by atoms with Gasteiger partial charge in [-0.05, 0) is 59.4 Å². The molecule has 2 saturated heterocycles. The van der Waals surface area contributed by atoms with Crippen molar-refractivity contribution in [2.75, 3.05) is 51.2 Å². The van der Waals surface area contributed by atoms with Crippen LogP contribution in [0.25, 0.3) is 0 Å². The lowest BCUT2D eigenvalue weighted by Gasteiger charge is -2.42. The molecule has 2 aliphatic rings. The van der Waals surface area contributed by atoms with Crippen molar-refractivity contribution in [1.82, 2.24) is 9.80 Å². The van der Waals surface area contributed by atoms with Crippen LogP contribution >= 0.6 is 15.9 Å². The average molecular weight is 380 g/mol. The summed E-state index contributed by atoms with van der Waals surface area (Å²) in [6.45, 7) is 11.8. The number of halogens is 1. The summed E-state index contributed by atoms with van der Waals surface area (Å²) >= 11 is 3.79. The normalized spacial score (nSPS) is 22.0. The van der Waals surface area contributed by atoms with Crippen LogP contribution in [0.5, 0.6) is 0 Å². The zero-order valence-corrected chi connectivity index (χ0v) is 16.3. The van der Waals surface area contributed by atoms with E-state index in [1.54, 1.807) is 0 Å². The van der Waals surface area contributed by atoms with Gasteiger partial charge in [0.2, 0.25) is 0 Å². The van der Waals surface area contributed by atoms with Crippen LogP contribution in [0.3, 0.4) is 0 Å². The van der Waals surface area contributed by atoms with Crippen LogP contribution in [0, 0.1) is 0 Å². The van der Waals surface area contributed by atoms with Crippen molar-refractivity contribution in [1.29, 1.82) is 0 Å². The zero-order valence-electron chi connectivity index (χ0n) is 14.8. The summed E-state index contributed by atoms with van der Waals surface area (Å²) in [5.41, 5.74) is 2.78. The Kier molecular flexibility index (Phi) is 5.65. The maximum absolute atomic E-state index is 3.79. The van der Waals surface area contributed by atoms with E-state index in [0.29, 0.717) is 5.92 Å². The molecule has 128 valence electrons. The number of benzene rings is 1. The molecule has 0 spiro atoms. The molecule has 23 heavy (non-hydrogen) atoms. The van der Waals surface area contributed by atoms with E-state index in [-0.39, 0.29) is 0 Å². The minimum Gasteiger partial charge on any atom is -0.371 e. The molecule has 0 atom stereocenters. The van der Waals surface area contributed by atoms with E-state index >= 15 is 0 Å². The molecule has 2 aliphatic heterocycles. The fourth-order valence-electron chi connectivity index (χ4n) is 3.80. The number of rotatable bonds is 3. The largest absolute Gasteiger partial charge is 0.371 e. The first-order chi connectivity index (χ1) is 11.0. The summed E-state index contributed by atoms with van der Waals surface area (Å²) in [6.07, 6.45) is 2.59. The number of piperidine rings is 1. The van der Waals surface area contributed by atoms with Gasteiger partial charge in [0.05, 0.1) is 5.69 Å². The van der Waals surface area contributed by atoms with Crippen LogP contribution < -0.4 is 4.90 Å². The second-order valence-electron chi connectivity index (χ2n) is 7.42. The van der Waals surface area contributed by atoms with Gasteiger partial charge >= 0.3 is 0 Å². The molecule has 3 nitrogen and oxygen atoms in total. The van der Waals surface area contributed by atoms with Gasteiger partial charge in [0.1, 0.15) is 0 Å². The first-order valence-electron chi connectivity index (χ1n) is 9.01. The Bertz CT molecular complexity index is 515. The maximum Gasteiger partial charge on any atom is 0.0510 e. The van der Waals surface area contributed by atoms with Crippen molar-refractivity contribution < 1.29 is 0 Å². The Morgan fingerprint density at radius 3 is 2.22 bits per heavy atom. The molecule has 4 heteroatoms. The van der Waals surface area contributed by atoms with Gasteiger partial charge in [-0.25, -0.2) is 0 Å². The molecule has 0 aliphatic carbocycles. The Morgan fingerprint density at radius 1 is 1.00 bits per heavy atom. The Balaban J connectivity index is 1.58. The van der Waals surface area contributed by atoms with Crippen molar-refractivity contribution >= 4 is 21.6 Å². The summed E-state index contributed by atoms with van der Waals surface area (Å²) in [5, 5.41) is 0. The minimum atomic E-state index is 0.586. The van der Waals surface area contributed by atoms with E-state index in [2.05, 4.69) is 69.7 Å². The fourth-order valence-corrected chi connectivity index (χ4v) is 4.44. The van der Waals surface area contributed by atoms with E-state index < -0.39 is 0 Å². The molecule has 2 heterocycles. The van der Waals surface area contributed by atoms with Crippen LogP contribution in [-0.2, 0) is 0 Å². The van der Waals surface area contributed by atoms with Crippen LogP contribution in [0.2, 0.25) is 0 Å². The lowest BCUT2D eigenvalue weighted by Crippen LogP contribution is -2.52. The monoisotopic (exact) mass is 379 g/mol. The predicted octanol–water partition coefficient (Wildman–Crippen LogP) is 3.79. The maximum atomic E-state index is 3.79. The molecule has 1 aromatic rings. The number of piperazine rings is 1. The van der Waals surface area contributed by atoms with Gasteiger partial charge < -0.3 is 9.80 Å². The van der Waals surface area contributed by atoms with Gasteiger partial charge in [0, 0.05) is 49.8 Å². The summed E-state index contributed by atoms with van der Waals surface area (Å²) in [6, 6.07) is 7.67. The SMILES string of the molecule is CC(C)c1ccc(N2CCC(N3CCN(C)CC3)CC2)c(Br)c1. The molecule has 3 rings (SSSR count). The lowest BCUT2D eigenvalue weighted by molar-refractivity contribution is 0.0982. The lowest BCUT2D eigenvalue weighted by atomic mass is 10.00. The van der Waals surface area contributed by atoms with Gasteiger partial charge in [0.25, 0.3) is 0 Å². The fraction of sp³-hybridized carbons (Fsp3) is 0.684. The quantitative estimate of drug-likeness (QED) is 0.790. The summed E-state index contributed by atoms with van der Waals surface area (Å²) < 4.78 is 1.25. The smallest absolute Gasteiger partial charge is 0.0510 e. The van der Waals surface area contributed by atoms with Crippen molar-refractivity contribution in [2.24, 2.45) is 0 Å². The average Bonchev–Trinajstić information content (AvgIpc) is 2.56.